The summed E-state index contributed by atoms with van der Waals surface area (Å²) in [5.41, 5.74) is 7.43. The third-order valence-corrected chi connectivity index (χ3v) is 2.76. The van der Waals surface area contributed by atoms with Crippen LogP contribution in [0.5, 0.6) is 0 Å². The normalized spacial score (nSPS) is 11.5. The van der Waals surface area contributed by atoms with Gasteiger partial charge in [-0.2, -0.15) is 4.57 Å². The Morgan fingerprint density at radius 3 is 3.07 bits per heavy atom. The van der Waals surface area contributed by atoms with Crippen molar-refractivity contribution in [3.05, 3.63) is 34.7 Å². The zero-order valence-electron chi connectivity index (χ0n) is 8.24. The Bertz CT molecular complexity index is 714. The molecule has 0 spiro atoms. The van der Waals surface area contributed by atoms with E-state index in [4.69, 9.17) is 5.73 Å². The van der Waals surface area contributed by atoms with Gasteiger partial charge in [-0.25, -0.2) is 0 Å². The molecule has 0 bridgehead atoms. The van der Waals surface area contributed by atoms with Crippen molar-refractivity contribution in [2.24, 2.45) is 7.05 Å². The van der Waals surface area contributed by atoms with Gasteiger partial charge in [0.1, 0.15) is 7.05 Å². The summed E-state index contributed by atoms with van der Waals surface area (Å²) in [6.07, 6.45) is 3.79. The summed E-state index contributed by atoms with van der Waals surface area (Å²) in [4.78, 5) is 15.0. The van der Waals surface area contributed by atoms with Crippen molar-refractivity contribution in [3.63, 3.8) is 0 Å². The molecule has 0 aliphatic rings. The van der Waals surface area contributed by atoms with E-state index in [1.807, 2.05) is 30.1 Å². The molecule has 2 aromatic heterocycles. The SMILES string of the molecule is C[n+]1cc2cc[nH]c3cc(N)c(=O)c1c23. The Kier molecular flexibility index (Phi) is 1.36. The lowest BCUT2D eigenvalue weighted by Crippen LogP contribution is -2.30. The van der Waals surface area contributed by atoms with Crippen LogP contribution in [0.25, 0.3) is 21.8 Å². The fourth-order valence-corrected chi connectivity index (χ4v) is 2.10. The topological polar surface area (TPSA) is 62.8 Å². The number of rotatable bonds is 0. The maximum Gasteiger partial charge on any atom is 0.273 e. The Morgan fingerprint density at radius 2 is 2.27 bits per heavy atom. The van der Waals surface area contributed by atoms with Crippen molar-refractivity contribution in [3.8, 4) is 0 Å². The van der Waals surface area contributed by atoms with Crippen molar-refractivity contribution >= 4 is 27.5 Å². The van der Waals surface area contributed by atoms with Crippen LogP contribution >= 0.6 is 0 Å². The largest absolute Gasteiger partial charge is 0.395 e. The Morgan fingerprint density at radius 1 is 1.47 bits per heavy atom. The molecule has 0 radical (unpaired) electrons. The number of hydrogen-bond donors (Lipinski definition) is 2. The molecule has 0 unspecified atom stereocenters. The molecule has 0 amide bonds. The minimum atomic E-state index is -0.0976. The number of aromatic amines is 1. The number of aromatic nitrogens is 2. The molecule has 3 N–H and O–H groups in total. The van der Waals surface area contributed by atoms with Gasteiger partial charge in [-0.05, 0) is 12.1 Å². The van der Waals surface area contributed by atoms with E-state index >= 15 is 0 Å². The lowest BCUT2D eigenvalue weighted by Gasteiger charge is -1.96. The third kappa shape index (κ3) is 0.905. The summed E-state index contributed by atoms with van der Waals surface area (Å²) in [5.74, 6) is 0. The van der Waals surface area contributed by atoms with E-state index in [2.05, 4.69) is 4.98 Å². The molecule has 3 aromatic rings. The van der Waals surface area contributed by atoms with E-state index < -0.39 is 0 Å². The van der Waals surface area contributed by atoms with Gasteiger partial charge in [-0.15, -0.1) is 0 Å². The molecule has 0 saturated carbocycles. The van der Waals surface area contributed by atoms with E-state index in [1.54, 1.807) is 6.07 Å². The quantitative estimate of drug-likeness (QED) is 0.410. The van der Waals surface area contributed by atoms with Crippen LogP contribution in [0.3, 0.4) is 0 Å². The number of benzene rings is 1. The number of nitrogen functional groups attached to an aromatic ring is 1. The predicted molar refractivity (Wildman–Crippen MR) is 58.8 cm³/mol. The molecular formula is C11H10N3O+. The fraction of sp³-hybridized carbons (Fsp3) is 0.0909. The molecule has 15 heavy (non-hydrogen) atoms. The molecule has 0 saturated heterocycles. The second-order valence-corrected chi connectivity index (χ2v) is 3.74. The van der Waals surface area contributed by atoms with Crippen LogP contribution in [-0.2, 0) is 7.05 Å². The summed E-state index contributed by atoms with van der Waals surface area (Å²) in [6.45, 7) is 0. The summed E-state index contributed by atoms with van der Waals surface area (Å²) in [6, 6.07) is 3.64. The second kappa shape index (κ2) is 2.48. The smallest absolute Gasteiger partial charge is 0.273 e. The number of hydrogen-bond acceptors (Lipinski definition) is 2. The number of pyridine rings is 1. The molecule has 74 valence electrons. The molecular weight excluding hydrogens is 190 g/mol. The minimum Gasteiger partial charge on any atom is -0.395 e. The first kappa shape index (κ1) is 8.23. The van der Waals surface area contributed by atoms with Crippen molar-refractivity contribution in [1.29, 1.82) is 0 Å². The number of H-pyrrole nitrogens is 1. The van der Waals surface area contributed by atoms with Crippen LogP contribution in [0.4, 0.5) is 5.69 Å². The highest BCUT2D eigenvalue weighted by Crippen LogP contribution is 2.22. The van der Waals surface area contributed by atoms with Crippen molar-refractivity contribution in [2.75, 3.05) is 5.73 Å². The molecule has 4 heteroatoms. The number of nitrogens with two attached hydrogens (primary N) is 1. The highest BCUT2D eigenvalue weighted by Gasteiger charge is 2.19. The average Bonchev–Trinajstić information content (AvgIpc) is 2.53. The van der Waals surface area contributed by atoms with Crippen molar-refractivity contribution in [1.82, 2.24) is 4.98 Å². The molecule has 4 nitrogen and oxygen atoms in total. The summed E-state index contributed by atoms with van der Waals surface area (Å²) >= 11 is 0. The lowest BCUT2D eigenvalue weighted by atomic mass is 10.1. The molecule has 3 rings (SSSR count). The fourth-order valence-electron chi connectivity index (χ4n) is 2.10. The van der Waals surface area contributed by atoms with Crippen LogP contribution in [0.15, 0.2) is 29.3 Å². The number of nitrogens with one attached hydrogen (secondary N) is 1. The monoisotopic (exact) mass is 200 g/mol. The van der Waals surface area contributed by atoms with Gasteiger partial charge in [0.2, 0.25) is 0 Å². The summed E-state index contributed by atoms with van der Waals surface area (Å²) in [7, 11) is 1.86. The zero-order valence-corrected chi connectivity index (χ0v) is 8.24. The summed E-state index contributed by atoms with van der Waals surface area (Å²) < 4.78 is 1.82. The van der Waals surface area contributed by atoms with E-state index in [0.717, 1.165) is 16.3 Å². The van der Waals surface area contributed by atoms with Crippen LogP contribution in [-0.4, -0.2) is 4.98 Å². The van der Waals surface area contributed by atoms with E-state index in [9.17, 15) is 4.79 Å². The summed E-state index contributed by atoms with van der Waals surface area (Å²) in [5, 5.41) is 2.01. The first-order valence-corrected chi connectivity index (χ1v) is 4.70. The van der Waals surface area contributed by atoms with Gasteiger partial charge in [0.05, 0.1) is 22.0 Å². The number of aryl methyl sites for hydroxylation is 1. The first-order chi connectivity index (χ1) is 7.18. The standard InChI is InChI=1S/C11H9N3O/c1-14-5-6-2-3-13-8-4-7(12)11(15)10(14)9(6)8/h2-5H,1H3,(H2,12,13)/p+1. The highest BCUT2D eigenvalue weighted by atomic mass is 16.1. The molecule has 1 aromatic carbocycles. The van der Waals surface area contributed by atoms with Gasteiger partial charge in [0.15, 0.2) is 6.20 Å². The predicted octanol–water partition coefficient (Wildman–Crippen LogP) is 0.526. The third-order valence-electron chi connectivity index (χ3n) is 2.76. The van der Waals surface area contributed by atoms with Gasteiger partial charge in [0, 0.05) is 6.20 Å². The second-order valence-electron chi connectivity index (χ2n) is 3.74. The van der Waals surface area contributed by atoms with Crippen LogP contribution in [0, 0.1) is 0 Å². The van der Waals surface area contributed by atoms with E-state index in [1.165, 1.54) is 0 Å². The van der Waals surface area contributed by atoms with Crippen molar-refractivity contribution in [2.45, 2.75) is 0 Å². The molecule has 0 aliphatic carbocycles. The zero-order chi connectivity index (χ0) is 10.6. The van der Waals surface area contributed by atoms with Crippen LogP contribution in [0.2, 0.25) is 0 Å². The molecule has 2 heterocycles. The molecule has 0 fully saturated rings. The van der Waals surface area contributed by atoms with Gasteiger partial charge in [0.25, 0.3) is 10.9 Å². The van der Waals surface area contributed by atoms with Gasteiger partial charge < -0.3 is 10.7 Å². The Labute approximate surface area is 85.3 Å². The highest BCUT2D eigenvalue weighted by molar-refractivity contribution is 6.06. The van der Waals surface area contributed by atoms with Gasteiger partial charge >= 0.3 is 0 Å². The van der Waals surface area contributed by atoms with E-state index in [0.29, 0.717) is 5.52 Å². The Balaban J connectivity index is 2.79. The van der Waals surface area contributed by atoms with Gasteiger partial charge in [-0.1, -0.05) is 0 Å². The first-order valence-electron chi connectivity index (χ1n) is 4.70. The maximum absolute atomic E-state index is 11.9. The molecule has 0 atom stereocenters. The maximum atomic E-state index is 11.9. The average molecular weight is 200 g/mol. The minimum absolute atomic E-state index is 0.0976. The van der Waals surface area contributed by atoms with Crippen LogP contribution in [0.1, 0.15) is 0 Å². The van der Waals surface area contributed by atoms with E-state index in [-0.39, 0.29) is 11.1 Å². The Hall–Kier alpha value is -2.10. The van der Waals surface area contributed by atoms with Crippen molar-refractivity contribution < 1.29 is 4.57 Å². The van der Waals surface area contributed by atoms with Crippen LogP contribution < -0.4 is 15.7 Å². The number of nitrogens with zero attached hydrogens (tertiary/aromatic N) is 1. The molecule has 0 aliphatic heterocycles. The number of anilines is 1. The lowest BCUT2D eigenvalue weighted by molar-refractivity contribution is -0.642. The van der Waals surface area contributed by atoms with Gasteiger partial charge in [-0.3, -0.25) is 4.79 Å².